The molecule has 29 heavy (non-hydrogen) atoms. The summed E-state index contributed by atoms with van der Waals surface area (Å²) >= 11 is 6.19. The zero-order valence-electron chi connectivity index (χ0n) is 16.2. The van der Waals surface area contributed by atoms with Crippen LogP contribution in [-0.4, -0.2) is 72.0 Å². The van der Waals surface area contributed by atoms with Crippen molar-refractivity contribution in [3.8, 4) is 11.5 Å². The number of benzene rings is 1. The number of halogens is 1. The van der Waals surface area contributed by atoms with E-state index >= 15 is 0 Å². The Balaban J connectivity index is 1.60. The molecule has 152 valence electrons. The Labute approximate surface area is 173 Å². The van der Waals surface area contributed by atoms with Crippen LogP contribution in [0.5, 0.6) is 11.5 Å². The molecule has 1 aliphatic rings. The van der Waals surface area contributed by atoms with E-state index < -0.39 is 0 Å². The van der Waals surface area contributed by atoms with Gasteiger partial charge < -0.3 is 19.3 Å². The lowest BCUT2D eigenvalue weighted by atomic mass is 10.1. The molecule has 1 aromatic carbocycles. The maximum absolute atomic E-state index is 12.5. The monoisotopic (exact) mass is 416 g/mol. The Morgan fingerprint density at radius 1 is 1.07 bits per heavy atom. The number of piperazine rings is 1. The number of amides is 2. The van der Waals surface area contributed by atoms with Crippen LogP contribution in [0.3, 0.4) is 0 Å². The summed E-state index contributed by atoms with van der Waals surface area (Å²) in [5.74, 6) is 0.619. The molecule has 0 N–H and O–H groups in total. The van der Waals surface area contributed by atoms with Crippen LogP contribution in [0.4, 0.5) is 0 Å². The van der Waals surface area contributed by atoms with Crippen LogP contribution >= 0.6 is 11.6 Å². The molecule has 0 bridgehead atoms. The molecule has 0 aliphatic carbocycles. The number of hydrogen-bond acceptors (Lipinski definition) is 6. The third-order valence-corrected chi connectivity index (χ3v) is 4.82. The minimum absolute atomic E-state index is 0.137. The third-order valence-electron chi connectivity index (χ3n) is 4.54. The van der Waals surface area contributed by atoms with Gasteiger partial charge in [-0.15, -0.1) is 0 Å². The molecule has 8 nitrogen and oxygen atoms in total. The van der Waals surface area contributed by atoms with E-state index in [1.54, 1.807) is 28.0 Å². The van der Waals surface area contributed by atoms with E-state index in [2.05, 4.69) is 9.97 Å². The van der Waals surface area contributed by atoms with Gasteiger partial charge >= 0.3 is 0 Å². The molecular formula is C20H21ClN4O4. The van der Waals surface area contributed by atoms with Crippen LogP contribution in [0.25, 0.3) is 6.08 Å². The van der Waals surface area contributed by atoms with Gasteiger partial charge in [0.2, 0.25) is 5.91 Å². The van der Waals surface area contributed by atoms with Crippen LogP contribution in [0.1, 0.15) is 16.1 Å². The lowest BCUT2D eigenvalue weighted by Crippen LogP contribution is -2.50. The normalized spacial score (nSPS) is 14.2. The fourth-order valence-electron chi connectivity index (χ4n) is 3.01. The first-order valence-corrected chi connectivity index (χ1v) is 9.35. The molecule has 0 unspecified atom stereocenters. The summed E-state index contributed by atoms with van der Waals surface area (Å²) in [6.45, 7) is 1.78. The molecular weight excluding hydrogens is 396 g/mol. The number of ether oxygens (including phenoxy) is 2. The topological polar surface area (TPSA) is 84.9 Å². The van der Waals surface area contributed by atoms with Gasteiger partial charge in [0.05, 0.1) is 25.4 Å². The highest BCUT2D eigenvalue weighted by Crippen LogP contribution is 2.36. The van der Waals surface area contributed by atoms with Crippen molar-refractivity contribution in [2.24, 2.45) is 0 Å². The standard InChI is InChI=1S/C20H21ClN4O4/c1-28-17-12-14(11-15(21)19(17)29-2)3-4-18(26)24-7-9-25(10-8-24)20(27)16-13-22-5-6-23-16/h3-6,11-13H,7-10H2,1-2H3/b4-3+. The molecule has 3 rings (SSSR count). The zero-order valence-corrected chi connectivity index (χ0v) is 16.9. The highest BCUT2D eigenvalue weighted by atomic mass is 35.5. The summed E-state index contributed by atoms with van der Waals surface area (Å²) in [7, 11) is 3.03. The maximum atomic E-state index is 12.5. The van der Waals surface area contributed by atoms with Crippen LogP contribution < -0.4 is 9.47 Å². The van der Waals surface area contributed by atoms with Crippen LogP contribution in [0.15, 0.2) is 36.8 Å². The van der Waals surface area contributed by atoms with Crippen molar-refractivity contribution in [3.05, 3.63) is 53.1 Å². The average Bonchev–Trinajstić information content (AvgIpc) is 2.77. The van der Waals surface area contributed by atoms with Gasteiger partial charge in [-0.3, -0.25) is 14.6 Å². The number of carbonyl (C=O) groups is 2. The number of carbonyl (C=O) groups excluding carboxylic acids is 2. The fraction of sp³-hybridized carbons (Fsp3) is 0.300. The second kappa shape index (κ2) is 9.38. The van der Waals surface area contributed by atoms with Gasteiger partial charge in [0, 0.05) is 44.6 Å². The van der Waals surface area contributed by atoms with E-state index in [0.717, 1.165) is 5.56 Å². The Morgan fingerprint density at radius 3 is 2.41 bits per heavy atom. The molecule has 1 saturated heterocycles. The molecule has 1 fully saturated rings. The second-order valence-electron chi connectivity index (χ2n) is 6.28. The highest BCUT2D eigenvalue weighted by molar-refractivity contribution is 6.32. The van der Waals surface area contributed by atoms with Crippen molar-refractivity contribution < 1.29 is 19.1 Å². The fourth-order valence-corrected chi connectivity index (χ4v) is 3.30. The minimum Gasteiger partial charge on any atom is -0.493 e. The third kappa shape index (κ3) is 4.83. The number of methoxy groups -OCH3 is 2. The molecule has 0 saturated carbocycles. The van der Waals surface area contributed by atoms with Gasteiger partial charge in [-0.1, -0.05) is 11.6 Å². The molecule has 9 heteroatoms. The van der Waals surface area contributed by atoms with Crippen molar-refractivity contribution in [3.63, 3.8) is 0 Å². The highest BCUT2D eigenvalue weighted by Gasteiger charge is 2.24. The number of hydrogen-bond donors (Lipinski definition) is 0. The summed E-state index contributed by atoms with van der Waals surface area (Å²) < 4.78 is 10.5. The van der Waals surface area contributed by atoms with Gasteiger partial charge in [0.15, 0.2) is 11.5 Å². The Hall–Kier alpha value is -3.13. The largest absolute Gasteiger partial charge is 0.493 e. The molecule has 2 aromatic rings. The van der Waals surface area contributed by atoms with E-state index in [-0.39, 0.29) is 11.8 Å². The minimum atomic E-state index is -0.180. The molecule has 1 aromatic heterocycles. The quantitative estimate of drug-likeness (QED) is 0.694. The van der Waals surface area contributed by atoms with Crippen LogP contribution in [-0.2, 0) is 4.79 Å². The Bertz CT molecular complexity index is 912. The first-order chi connectivity index (χ1) is 14.0. The summed E-state index contributed by atoms with van der Waals surface area (Å²) in [5.41, 5.74) is 1.02. The second-order valence-corrected chi connectivity index (χ2v) is 6.69. The van der Waals surface area contributed by atoms with Gasteiger partial charge in [-0.25, -0.2) is 4.98 Å². The van der Waals surface area contributed by atoms with Crippen molar-refractivity contribution in [2.75, 3.05) is 40.4 Å². The smallest absolute Gasteiger partial charge is 0.274 e. The lowest BCUT2D eigenvalue weighted by molar-refractivity contribution is -0.127. The SMILES string of the molecule is COc1cc(/C=C/C(=O)N2CCN(C(=O)c3cnccn3)CC2)cc(Cl)c1OC. The number of rotatable bonds is 5. The predicted molar refractivity (Wildman–Crippen MR) is 108 cm³/mol. The number of nitrogens with zero attached hydrogens (tertiary/aromatic N) is 4. The summed E-state index contributed by atoms with van der Waals surface area (Å²) in [6.07, 6.45) is 7.60. The first-order valence-electron chi connectivity index (χ1n) is 8.97. The van der Waals surface area contributed by atoms with Gasteiger partial charge in [-0.05, 0) is 23.8 Å². The van der Waals surface area contributed by atoms with E-state index in [4.69, 9.17) is 21.1 Å². The van der Waals surface area contributed by atoms with Crippen molar-refractivity contribution in [1.29, 1.82) is 0 Å². The van der Waals surface area contributed by atoms with Crippen molar-refractivity contribution in [1.82, 2.24) is 19.8 Å². The van der Waals surface area contributed by atoms with Gasteiger partial charge in [0.25, 0.3) is 5.91 Å². The van der Waals surface area contributed by atoms with E-state index in [9.17, 15) is 9.59 Å². The molecule has 0 atom stereocenters. The van der Waals surface area contributed by atoms with Crippen LogP contribution in [0.2, 0.25) is 5.02 Å². The lowest BCUT2D eigenvalue weighted by Gasteiger charge is -2.34. The van der Waals surface area contributed by atoms with E-state index in [0.29, 0.717) is 48.4 Å². The summed E-state index contributed by atoms with van der Waals surface area (Å²) in [6, 6.07) is 3.44. The Kier molecular flexibility index (Phi) is 6.66. The molecule has 2 amide bonds. The van der Waals surface area contributed by atoms with Crippen molar-refractivity contribution >= 4 is 29.5 Å². The first kappa shape index (κ1) is 20.6. The van der Waals surface area contributed by atoms with E-state index in [1.165, 1.54) is 38.9 Å². The van der Waals surface area contributed by atoms with Gasteiger partial charge in [0.1, 0.15) is 5.69 Å². The number of aromatic nitrogens is 2. The average molecular weight is 417 g/mol. The van der Waals surface area contributed by atoms with E-state index in [1.807, 2.05) is 0 Å². The molecule has 1 aliphatic heterocycles. The molecule has 0 spiro atoms. The summed E-state index contributed by atoms with van der Waals surface area (Å²) in [4.78, 5) is 36.2. The summed E-state index contributed by atoms with van der Waals surface area (Å²) in [5, 5.41) is 0.398. The van der Waals surface area contributed by atoms with Gasteiger partial charge in [-0.2, -0.15) is 0 Å². The predicted octanol–water partition coefficient (Wildman–Crippen LogP) is 2.14. The molecule has 0 radical (unpaired) electrons. The van der Waals surface area contributed by atoms with Crippen LogP contribution in [0, 0.1) is 0 Å². The zero-order chi connectivity index (χ0) is 20.8. The Morgan fingerprint density at radius 2 is 1.79 bits per heavy atom. The van der Waals surface area contributed by atoms with Crippen molar-refractivity contribution in [2.45, 2.75) is 0 Å². The molecule has 2 heterocycles. The maximum Gasteiger partial charge on any atom is 0.274 e.